The molecule has 16 nitrogen and oxygen atoms in total. The van der Waals surface area contributed by atoms with Crippen LogP contribution in [0.1, 0.15) is 71.8 Å². The highest BCUT2D eigenvalue weighted by atomic mass is 79.9. The maximum atomic E-state index is 14.5. The standard InChI is InChI=1S/C22H20FN5O.C16H13BrFN3O.C8H7BrN2S.C6H9BN2O2.2CH4/c1-13-17(9-25-14(2)27-13)18-10-26-22(28-12-24-11-20(18)28)6-3-15-16-7-8-29-21(16)5-4-19(15)23;17-12-7-20-16(21-9-19-8-14(12)21)4-1-10-11-5-6-22-15(11)3-2-13(10)18;1-12-8-10-5-6(9)7-3-2-4-11(7)8;1-4-6(7(10)11)3-8-5(2)9-4;;/h4-5,9-12H,3,6-8H2,1-2H3;2-3,7-9H,1,4-6H2;2-5H,1H3;3,10-11H,1-2H3;2*1H4. The molecule has 2 aliphatic rings. The van der Waals surface area contributed by atoms with Crippen molar-refractivity contribution in [3.05, 3.63) is 176 Å². The molecule has 0 amide bonds. The summed E-state index contributed by atoms with van der Waals surface area (Å²) in [5, 5.41) is 18.6. The molecule has 10 aromatic rings. The molecule has 76 heavy (non-hydrogen) atoms. The first-order chi connectivity index (χ1) is 35.8. The molecule has 0 unspecified atom stereocenters. The molecular formula is C54H57BBr2F2N12O4S. The number of thioether (sulfide) groups is 1. The molecule has 0 radical (unpaired) electrons. The largest absolute Gasteiger partial charge is 0.493 e. The highest BCUT2D eigenvalue weighted by Gasteiger charge is 2.22. The number of halogens is 4. The lowest BCUT2D eigenvalue weighted by atomic mass is 9.80. The van der Waals surface area contributed by atoms with Gasteiger partial charge < -0.3 is 19.5 Å². The summed E-state index contributed by atoms with van der Waals surface area (Å²) in [5.74, 6) is 4.34. The van der Waals surface area contributed by atoms with E-state index in [2.05, 4.69) is 87.2 Å². The van der Waals surface area contributed by atoms with E-state index in [0.717, 1.165) is 112 Å². The number of benzene rings is 2. The van der Waals surface area contributed by atoms with E-state index in [9.17, 15) is 8.78 Å². The van der Waals surface area contributed by atoms with Gasteiger partial charge in [0.05, 0.1) is 51.1 Å². The first kappa shape index (κ1) is 57.0. The zero-order valence-corrected chi connectivity index (χ0v) is 45.0. The van der Waals surface area contributed by atoms with Crippen molar-refractivity contribution in [2.45, 2.75) is 86.2 Å². The number of imidazole rings is 2. The summed E-state index contributed by atoms with van der Waals surface area (Å²) in [4.78, 5) is 38.4. The Balaban J connectivity index is 0.000000158. The van der Waals surface area contributed by atoms with Crippen molar-refractivity contribution in [3.63, 3.8) is 0 Å². The molecule has 0 atom stereocenters. The number of hydrogen-bond donors (Lipinski definition) is 2. The molecular weight excluding hydrogens is 1120 g/mol. The third-order valence-corrected chi connectivity index (χ3v) is 14.5. The molecule has 394 valence electrons. The summed E-state index contributed by atoms with van der Waals surface area (Å²) in [6.07, 6.45) is 23.7. The van der Waals surface area contributed by atoms with E-state index in [1.807, 2.05) is 66.0 Å². The quantitative estimate of drug-likeness (QED) is 0.0789. The van der Waals surface area contributed by atoms with Crippen LogP contribution >= 0.6 is 43.6 Å². The Labute approximate surface area is 460 Å². The van der Waals surface area contributed by atoms with E-state index >= 15 is 0 Å². The van der Waals surface area contributed by atoms with Gasteiger partial charge in [-0.3, -0.25) is 13.2 Å². The molecule has 0 bridgehead atoms. The summed E-state index contributed by atoms with van der Waals surface area (Å²) in [5.41, 5.74) is 10.2. The Kier molecular flexibility index (Phi) is 19.1. The highest BCUT2D eigenvalue weighted by molar-refractivity contribution is 9.11. The molecule has 0 aliphatic carbocycles. The molecule has 2 aromatic carbocycles. The Morgan fingerprint density at radius 2 is 1.13 bits per heavy atom. The smallest absolute Gasteiger partial charge is 0.491 e. The fourth-order valence-electron chi connectivity index (χ4n) is 8.95. The molecule has 0 spiro atoms. The zero-order chi connectivity index (χ0) is 52.0. The maximum absolute atomic E-state index is 14.5. The van der Waals surface area contributed by atoms with Crippen LogP contribution in [-0.4, -0.2) is 94.7 Å². The van der Waals surface area contributed by atoms with Crippen molar-refractivity contribution in [2.24, 2.45) is 0 Å². The van der Waals surface area contributed by atoms with Crippen LogP contribution < -0.4 is 14.9 Å². The van der Waals surface area contributed by atoms with E-state index in [1.54, 1.807) is 62.8 Å². The molecule has 12 rings (SSSR count). The summed E-state index contributed by atoms with van der Waals surface area (Å²) in [6, 6.07) is 10.5. The number of nitrogens with zero attached hydrogens (tertiary/aromatic N) is 12. The Hall–Kier alpha value is -6.72. The van der Waals surface area contributed by atoms with Gasteiger partial charge in [0.15, 0.2) is 5.16 Å². The second-order valence-corrected chi connectivity index (χ2v) is 19.7. The maximum Gasteiger partial charge on any atom is 0.491 e. The van der Waals surface area contributed by atoms with Gasteiger partial charge in [0.1, 0.15) is 59.1 Å². The molecule has 22 heteroatoms. The monoisotopic (exact) mass is 1180 g/mol. The molecule has 8 aromatic heterocycles. The third kappa shape index (κ3) is 12.4. The molecule has 2 aliphatic heterocycles. The van der Waals surface area contributed by atoms with Crippen LogP contribution in [0.4, 0.5) is 8.78 Å². The average Bonchev–Trinajstić information content (AvgIpc) is 4.26. The first-order valence-electron chi connectivity index (χ1n) is 23.5. The summed E-state index contributed by atoms with van der Waals surface area (Å²) in [7, 11) is -1.48. The number of rotatable bonds is 9. The van der Waals surface area contributed by atoms with E-state index in [4.69, 9.17) is 19.5 Å². The minimum absolute atomic E-state index is 0. The van der Waals surface area contributed by atoms with E-state index < -0.39 is 7.12 Å². The fourth-order valence-corrected chi connectivity index (χ4v) is 10.3. The van der Waals surface area contributed by atoms with Crippen molar-refractivity contribution < 1.29 is 28.3 Å². The second-order valence-electron chi connectivity index (χ2n) is 17.2. The SMILES string of the molecule is C.C.CSc1ncc(Br)c2cccn12.Cc1ncc(-c2cnc(CCc3c(F)ccc4c3CCO4)n3cncc23)c(C)n1.Cc1ncc(B(O)O)c(C)n1.Fc1ccc2c(c1CCc1ncc(Br)c3cncn13)CCO2. The minimum Gasteiger partial charge on any atom is -0.493 e. The number of hydrogen-bond acceptors (Lipinski definition) is 14. The van der Waals surface area contributed by atoms with Gasteiger partial charge in [-0.05, 0) is 126 Å². The Morgan fingerprint density at radius 1 is 0.605 bits per heavy atom. The van der Waals surface area contributed by atoms with Crippen molar-refractivity contribution in [3.8, 4) is 22.6 Å². The van der Waals surface area contributed by atoms with Gasteiger partial charge >= 0.3 is 7.12 Å². The molecule has 10 heterocycles. The fraction of sp³-hybridized carbons (Fsp3) is 0.278. The van der Waals surface area contributed by atoms with E-state index in [-0.39, 0.29) is 26.5 Å². The van der Waals surface area contributed by atoms with Crippen LogP contribution in [0.5, 0.6) is 11.5 Å². The minimum atomic E-state index is -1.48. The normalized spacial score (nSPS) is 11.9. The predicted molar refractivity (Wildman–Crippen MR) is 300 cm³/mol. The van der Waals surface area contributed by atoms with Crippen LogP contribution in [0.3, 0.4) is 0 Å². The van der Waals surface area contributed by atoms with Crippen LogP contribution in [0.15, 0.2) is 113 Å². The van der Waals surface area contributed by atoms with Crippen LogP contribution in [0, 0.1) is 39.3 Å². The van der Waals surface area contributed by atoms with Gasteiger partial charge in [-0.1, -0.05) is 26.6 Å². The van der Waals surface area contributed by atoms with Crippen molar-refractivity contribution in [2.75, 3.05) is 19.5 Å². The van der Waals surface area contributed by atoms with Gasteiger partial charge in [-0.15, -0.1) is 0 Å². The molecule has 0 saturated heterocycles. The molecule has 0 fully saturated rings. The van der Waals surface area contributed by atoms with Crippen LogP contribution in [0.2, 0.25) is 0 Å². The lowest BCUT2D eigenvalue weighted by molar-refractivity contribution is 0.356. The summed E-state index contributed by atoms with van der Waals surface area (Å²) >= 11 is 8.55. The summed E-state index contributed by atoms with van der Waals surface area (Å²) < 4.78 is 47.6. The second kappa shape index (κ2) is 25.4. The lowest BCUT2D eigenvalue weighted by Gasteiger charge is -2.12. The third-order valence-electron chi connectivity index (χ3n) is 12.6. The predicted octanol–water partition coefficient (Wildman–Crippen LogP) is 9.88. The number of aromatic nitrogens is 12. The first-order valence-corrected chi connectivity index (χ1v) is 26.3. The van der Waals surface area contributed by atoms with Crippen molar-refractivity contribution in [1.29, 1.82) is 0 Å². The van der Waals surface area contributed by atoms with Gasteiger partial charge in [-0.2, -0.15) is 0 Å². The molecule has 2 N–H and O–H groups in total. The number of aryl methyl sites for hydroxylation is 6. The summed E-state index contributed by atoms with van der Waals surface area (Å²) in [6.45, 7) is 8.54. The Morgan fingerprint density at radius 3 is 1.71 bits per heavy atom. The topological polar surface area (TPSA) is 188 Å². The number of ether oxygens (including phenoxy) is 2. The van der Waals surface area contributed by atoms with Gasteiger partial charge in [-0.25, -0.2) is 53.6 Å². The van der Waals surface area contributed by atoms with E-state index in [1.165, 1.54) is 18.3 Å². The van der Waals surface area contributed by atoms with Gasteiger partial charge in [0.2, 0.25) is 0 Å². The number of fused-ring (bicyclic) bond motifs is 5. The lowest BCUT2D eigenvalue weighted by Crippen LogP contribution is -2.33. The van der Waals surface area contributed by atoms with Gasteiger partial charge in [0.25, 0.3) is 0 Å². The van der Waals surface area contributed by atoms with Gasteiger partial charge in [0, 0.05) is 102 Å². The van der Waals surface area contributed by atoms with Crippen molar-refractivity contribution in [1.82, 2.24) is 58.1 Å². The Bertz CT molecular complexity index is 3660. The van der Waals surface area contributed by atoms with Crippen molar-refractivity contribution >= 4 is 72.8 Å². The van der Waals surface area contributed by atoms with E-state index in [0.29, 0.717) is 55.9 Å². The highest BCUT2D eigenvalue weighted by Crippen LogP contribution is 2.33. The van der Waals surface area contributed by atoms with Crippen LogP contribution in [-0.2, 0) is 38.5 Å². The molecule has 0 saturated carbocycles. The zero-order valence-electron chi connectivity index (χ0n) is 41.0. The average molecular weight is 1180 g/mol. The van der Waals surface area contributed by atoms with Crippen LogP contribution in [0.25, 0.3) is 27.7 Å².